The Balaban J connectivity index is 1.62. The first-order valence-corrected chi connectivity index (χ1v) is 10.9. The molecule has 0 unspecified atom stereocenters. The van der Waals surface area contributed by atoms with Gasteiger partial charge in [-0.25, -0.2) is 4.98 Å². The molecule has 0 spiro atoms. The lowest BCUT2D eigenvalue weighted by Gasteiger charge is -2.09. The van der Waals surface area contributed by atoms with Gasteiger partial charge in [0.25, 0.3) is 0 Å². The van der Waals surface area contributed by atoms with Gasteiger partial charge in [0.15, 0.2) is 10.9 Å². The average molecular weight is 472 g/mol. The van der Waals surface area contributed by atoms with Crippen molar-refractivity contribution in [2.75, 3.05) is 5.75 Å². The van der Waals surface area contributed by atoms with E-state index in [9.17, 15) is 4.79 Å². The number of hydrogen-bond acceptors (Lipinski definition) is 3. The predicted octanol–water partition coefficient (Wildman–Crippen LogP) is 6.48. The second-order valence-electron chi connectivity index (χ2n) is 6.32. The summed E-state index contributed by atoms with van der Waals surface area (Å²) < 4.78 is 3.10. The van der Waals surface area contributed by atoms with Crippen LogP contribution in [-0.2, 0) is 6.54 Å². The molecule has 0 saturated heterocycles. The monoisotopic (exact) mass is 470 g/mol. The summed E-state index contributed by atoms with van der Waals surface area (Å²) in [5, 5.41) is 1.46. The van der Waals surface area contributed by atoms with Crippen molar-refractivity contribution in [1.29, 1.82) is 0 Å². The third-order valence-electron chi connectivity index (χ3n) is 4.36. The molecule has 3 aromatic carbocycles. The van der Waals surface area contributed by atoms with Crippen LogP contribution in [0.2, 0.25) is 5.02 Å². The van der Waals surface area contributed by atoms with Crippen LogP contribution in [0.5, 0.6) is 0 Å². The number of aromatic nitrogens is 2. The molecule has 0 aliphatic carbocycles. The maximum absolute atomic E-state index is 12.6. The lowest BCUT2D eigenvalue weighted by Crippen LogP contribution is -2.05. The van der Waals surface area contributed by atoms with E-state index in [0.29, 0.717) is 22.9 Å². The molecule has 1 aromatic heterocycles. The molecule has 0 bridgehead atoms. The van der Waals surface area contributed by atoms with Crippen LogP contribution in [-0.4, -0.2) is 21.1 Å². The molecule has 4 rings (SSSR count). The average Bonchev–Trinajstić information content (AvgIpc) is 3.04. The zero-order valence-electron chi connectivity index (χ0n) is 14.8. The summed E-state index contributed by atoms with van der Waals surface area (Å²) in [4.78, 5) is 17.3. The Hall–Kier alpha value is -2.08. The Kier molecular flexibility index (Phi) is 5.85. The van der Waals surface area contributed by atoms with Gasteiger partial charge in [-0.15, -0.1) is 0 Å². The fourth-order valence-electron chi connectivity index (χ4n) is 2.96. The molecule has 6 heteroatoms. The highest BCUT2D eigenvalue weighted by molar-refractivity contribution is 9.10. The van der Waals surface area contributed by atoms with Crippen molar-refractivity contribution in [2.45, 2.75) is 11.7 Å². The zero-order valence-corrected chi connectivity index (χ0v) is 18.0. The van der Waals surface area contributed by atoms with Gasteiger partial charge in [0, 0.05) is 15.1 Å². The molecule has 0 aliphatic heterocycles. The van der Waals surface area contributed by atoms with Crippen LogP contribution < -0.4 is 0 Å². The van der Waals surface area contributed by atoms with Crippen LogP contribution in [0.25, 0.3) is 11.0 Å². The Morgan fingerprint density at radius 2 is 1.79 bits per heavy atom. The number of halogens is 2. The molecule has 0 N–H and O–H groups in total. The second-order valence-corrected chi connectivity index (χ2v) is 8.61. The van der Waals surface area contributed by atoms with Crippen molar-refractivity contribution in [3.63, 3.8) is 0 Å². The first-order valence-electron chi connectivity index (χ1n) is 8.71. The maximum Gasteiger partial charge on any atom is 0.173 e. The van der Waals surface area contributed by atoms with E-state index in [1.165, 1.54) is 17.3 Å². The molecule has 1 heterocycles. The van der Waals surface area contributed by atoms with Crippen LogP contribution >= 0.6 is 39.3 Å². The molecule has 0 atom stereocenters. The number of imidazole rings is 1. The summed E-state index contributed by atoms with van der Waals surface area (Å²) >= 11 is 11.0. The minimum absolute atomic E-state index is 0.0776. The molecule has 140 valence electrons. The molecule has 0 aliphatic rings. The summed E-state index contributed by atoms with van der Waals surface area (Å²) in [7, 11) is 0. The fourth-order valence-corrected chi connectivity index (χ4v) is 4.30. The molecule has 0 radical (unpaired) electrons. The quantitative estimate of drug-likeness (QED) is 0.238. The van der Waals surface area contributed by atoms with Gasteiger partial charge < -0.3 is 4.57 Å². The first kappa shape index (κ1) is 19.2. The second kappa shape index (κ2) is 8.52. The minimum Gasteiger partial charge on any atom is -0.314 e. The largest absolute Gasteiger partial charge is 0.314 e. The SMILES string of the molecule is O=C(CSc1nc2cc(Cl)ccc2n1Cc1ccccc1)c1ccc(Br)cc1. The lowest BCUT2D eigenvalue weighted by atomic mass is 10.2. The normalized spacial score (nSPS) is 11.1. The fraction of sp³-hybridized carbons (Fsp3) is 0.0909. The van der Waals surface area contributed by atoms with Gasteiger partial charge >= 0.3 is 0 Å². The minimum atomic E-state index is 0.0776. The number of ketones is 1. The zero-order chi connectivity index (χ0) is 19.5. The van der Waals surface area contributed by atoms with Crippen LogP contribution in [0.3, 0.4) is 0 Å². The van der Waals surface area contributed by atoms with E-state index >= 15 is 0 Å². The van der Waals surface area contributed by atoms with E-state index in [2.05, 4.69) is 32.6 Å². The van der Waals surface area contributed by atoms with E-state index in [0.717, 1.165) is 20.7 Å². The smallest absolute Gasteiger partial charge is 0.173 e. The van der Waals surface area contributed by atoms with E-state index in [4.69, 9.17) is 16.6 Å². The van der Waals surface area contributed by atoms with Crippen molar-refractivity contribution < 1.29 is 4.79 Å². The Bertz CT molecular complexity index is 1130. The molecular weight excluding hydrogens is 456 g/mol. The van der Waals surface area contributed by atoms with Gasteiger partial charge in [-0.2, -0.15) is 0 Å². The van der Waals surface area contributed by atoms with E-state index < -0.39 is 0 Å². The van der Waals surface area contributed by atoms with Gasteiger partial charge in [0.1, 0.15) is 0 Å². The summed E-state index contributed by atoms with van der Waals surface area (Å²) in [6.45, 7) is 0.688. The Morgan fingerprint density at radius 1 is 1.04 bits per heavy atom. The third-order valence-corrected chi connectivity index (χ3v) is 6.10. The summed E-state index contributed by atoms with van der Waals surface area (Å²) in [5.41, 5.74) is 3.72. The highest BCUT2D eigenvalue weighted by Crippen LogP contribution is 2.28. The van der Waals surface area contributed by atoms with Crippen molar-refractivity contribution in [1.82, 2.24) is 9.55 Å². The number of carbonyl (C=O) groups is 1. The highest BCUT2D eigenvalue weighted by atomic mass is 79.9. The van der Waals surface area contributed by atoms with Crippen molar-refractivity contribution in [3.8, 4) is 0 Å². The summed E-state index contributed by atoms with van der Waals surface area (Å²) in [6, 6.07) is 23.4. The van der Waals surface area contributed by atoms with Gasteiger partial charge in [-0.05, 0) is 35.9 Å². The van der Waals surface area contributed by atoms with Crippen molar-refractivity contribution >= 4 is 56.1 Å². The van der Waals surface area contributed by atoms with E-state index in [1.807, 2.05) is 60.7 Å². The van der Waals surface area contributed by atoms with Gasteiger partial charge in [0.05, 0.1) is 23.3 Å². The molecule has 0 fully saturated rings. The molecule has 28 heavy (non-hydrogen) atoms. The van der Waals surface area contributed by atoms with Crippen molar-refractivity contribution in [2.24, 2.45) is 0 Å². The number of rotatable bonds is 6. The predicted molar refractivity (Wildman–Crippen MR) is 119 cm³/mol. The Morgan fingerprint density at radius 3 is 2.54 bits per heavy atom. The molecule has 4 aromatic rings. The lowest BCUT2D eigenvalue weighted by molar-refractivity contribution is 0.102. The molecule has 0 saturated carbocycles. The number of carbonyl (C=O) groups excluding carboxylic acids is 1. The standard InChI is InChI=1S/C22H16BrClN2OS/c23-17-8-6-16(7-9-17)21(27)14-28-22-25-19-12-18(24)10-11-20(19)26(22)13-15-4-2-1-3-5-15/h1-12H,13-14H2. The maximum atomic E-state index is 12.6. The number of nitrogens with zero attached hydrogens (tertiary/aromatic N) is 2. The van der Waals surface area contributed by atoms with Crippen LogP contribution in [0.15, 0.2) is 82.4 Å². The van der Waals surface area contributed by atoms with Gasteiger partial charge in [-0.1, -0.05) is 81.8 Å². The number of hydrogen-bond donors (Lipinski definition) is 0. The molecule has 3 nitrogen and oxygen atoms in total. The van der Waals surface area contributed by atoms with Crippen LogP contribution in [0.1, 0.15) is 15.9 Å². The summed E-state index contributed by atoms with van der Waals surface area (Å²) in [6.07, 6.45) is 0. The number of fused-ring (bicyclic) bond motifs is 1. The molecule has 0 amide bonds. The third kappa shape index (κ3) is 4.32. The Labute approximate surface area is 180 Å². The van der Waals surface area contributed by atoms with E-state index in [-0.39, 0.29) is 5.78 Å². The van der Waals surface area contributed by atoms with Crippen molar-refractivity contribution in [3.05, 3.63) is 93.4 Å². The molecular formula is C22H16BrClN2OS. The number of Topliss-reactive ketones (excluding diaryl/α,β-unsaturated/α-hetero) is 1. The van der Waals surface area contributed by atoms with Gasteiger partial charge in [-0.3, -0.25) is 4.79 Å². The number of benzene rings is 3. The van der Waals surface area contributed by atoms with E-state index in [1.54, 1.807) is 0 Å². The highest BCUT2D eigenvalue weighted by Gasteiger charge is 2.15. The van der Waals surface area contributed by atoms with Crippen LogP contribution in [0, 0.1) is 0 Å². The summed E-state index contributed by atoms with van der Waals surface area (Å²) in [5.74, 6) is 0.404. The van der Waals surface area contributed by atoms with Gasteiger partial charge in [0.2, 0.25) is 0 Å². The topological polar surface area (TPSA) is 34.9 Å². The number of thioether (sulfide) groups is 1. The first-order chi connectivity index (χ1) is 13.6. The van der Waals surface area contributed by atoms with Crippen LogP contribution in [0.4, 0.5) is 0 Å².